The summed E-state index contributed by atoms with van der Waals surface area (Å²) in [6.45, 7) is 9.14. The van der Waals surface area contributed by atoms with E-state index < -0.39 is 0 Å². The molecule has 0 bridgehead atoms. The minimum Gasteiger partial charge on any atom is -0.396 e. The standard InChI is InChI=1S/C16H25NO2/c1-12-7-8-14(13(2)10-12)16(3,4)11-17-15(19)6-5-9-18/h7-8,10,18H,5-6,9,11H2,1-4H3,(H,17,19). The van der Waals surface area contributed by atoms with Crippen molar-refractivity contribution in [3.63, 3.8) is 0 Å². The van der Waals surface area contributed by atoms with E-state index in [0.29, 0.717) is 19.4 Å². The lowest BCUT2D eigenvalue weighted by atomic mass is 9.81. The van der Waals surface area contributed by atoms with E-state index in [-0.39, 0.29) is 17.9 Å². The van der Waals surface area contributed by atoms with E-state index in [0.717, 1.165) is 0 Å². The van der Waals surface area contributed by atoms with Gasteiger partial charge in [-0.15, -0.1) is 0 Å². The van der Waals surface area contributed by atoms with Crippen LogP contribution in [0.1, 0.15) is 43.4 Å². The first-order valence-corrected chi connectivity index (χ1v) is 6.82. The minimum absolute atomic E-state index is 0.00638. The average molecular weight is 263 g/mol. The fourth-order valence-electron chi connectivity index (χ4n) is 2.32. The fraction of sp³-hybridized carbons (Fsp3) is 0.562. The molecule has 1 rings (SSSR count). The van der Waals surface area contributed by atoms with Crippen LogP contribution in [-0.4, -0.2) is 24.2 Å². The number of benzene rings is 1. The van der Waals surface area contributed by atoms with E-state index in [9.17, 15) is 4.79 Å². The fourth-order valence-corrected chi connectivity index (χ4v) is 2.32. The van der Waals surface area contributed by atoms with E-state index in [2.05, 4.69) is 51.2 Å². The summed E-state index contributed by atoms with van der Waals surface area (Å²) in [6.07, 6.45) is 0.912. The maximum Gasteiger partial charge on any atom is 0.220 e. The third-order valence-electron chi connectivity index (χ3n) is 3.40. The Morgan fingerprint density at radius 1 is 1.32 bits per heavy atom. The third kappa shape index (κ3) is 4.67. The van der Waals surface area contributed by atoms with Gasteiger partial charge in [-0.3, -0.25) is 4.79 Å². The summed E-state index contributed by atoms with van der Waals surface area (Å²) in [5, 5.41) is 11.7. The van der Waals surface area contributed by atoms with Gasteiger partial charge in [-0.2, -0.15) is 0 Å². The highest BCUT2D eigenvalue weighted by Gasteiger charge is 2.23. The maximum atomic E-state index is 11.6. The molecule has 106 valence electrons. The van der Waals surface area contributed by atoms with Gasteiger partial charge in [0.2, 0.25) is 5.91 Å². The van der Waals surface area contributed by atoms with Crippen LogP contribution < -0.4 is 5.32 Å². The summed E-state index contributed by atoms with van der Waals surface area (Å²) < 4.78 is 0. The van der Waals surface area contributed by atoms with Crippen molar-refractivity contribution >= 4 is 5.91 Å². The van der Waals surface area contributed by atoms with E-state index in [1.807, 2.05) is 0 Å². The van der Waals surface area contributed by atoms with Crippen molar-refractivity contribution < 1.29 is 9.90 Å². The predicted molar refractivity (Wildman–Crippen MR) is 78.3 cm³/mol. The lowest BCUT2D eigenvalue weighted by Gasteiger charge is -2.27. The van der Waals surface area contributed by atoms with Gasteiger partial charge in [0.25, 0.3) is 0 Å². The molecular weight excluding hydrogens is 238 g/mol. The average Bonchev–Trinajstić information content (AvgIpc) is 2.33. The van der Waals surface area contributed by atoms with Crippen LogP contribution in [0.3, 0.4) is 0 Å². The molecule has 0 saturated heterocycles. The first-order chi connectivity index (χ1) is 8.86. The molecule has 0 aliphatic rings. The smallest absolute Gasteiger partial charge is 0.220 e. The van der Waals surface area contributed by atoms with Gasteiger partial charge in [-0.25, -0.2) is 0 Å². The van der Waals surface area contributed by atoms with Gasteiger partial charge in [0.05, 0.1) is 0 Å². The zero-order valence-electron chi connectivity index (χ0n) is 12.4. The number of carbonyl (C=O) groups excluding carboxylic acids is 1. The molecule has 2 N–H and O–H groups in total. The summed E-state index contributed by atoms with van der Waals surface area (Å²) in [6, 6.07) is 6.42. The van der Waals surface area contributed by atoms with Gasteiger partial charge in [0.15, 0.2) is 0 Å². The summed E-state index contributed by atoms with van der Waals surface area (Å²) in [4.78, 5) is 11.6. The van der Waals surface area contributed by atoms with Crippen molar-refractivity contribution in [1.29, 1.82) is 0 Å². The Labute approximate surface area is 116 Å². The largest absolute Gasteiger partial charge is 0.396 e. The zero-order valence-corrected chi connectivity index (χ0v) is 12.4. The molecular formula is C16H25NO2. The molecule has 19 heavy (non-hydrogen) atoms. The number of carbonyl (C=O) groups is 1. The number of hydrogen-bond acceptors (Lipinski definition) is 2. The zero-order chi connectivity index (χ0) is 14.5. The number of hydrogen-bond donors (Lipinski definition) is 2. The van der Waals surface area contributed by atoms with Crippen LogP contribution in [0.15, 0.2) is 18.2 Å². The molecule has 0 aromatic heterocycles. The summed E-state index contributed by atoms with van der Waals surface area (Å²) in [5.74, 6) is 0.00638. The van der Waals surface area contributed by atoms with E-state index in [1.165, 1.54) is 16.7 Å². The quantitative estimate of drug-likeness (QED) is 0.828. The Hall–Kier alpha value is -1.35. The second-order valence-electron chi connectivity index (χ2n) is 5.81. The van der Waals surface area contributed by atoms with Crippen molar-refractivity contribution in [1.82, 2.24) is 5.32 Å². The molecule has 0 aliphatic heterocycles. The molecule has 0 aliphatic carbocycles. The molecule has 1 amide bonds. The molecule has 0 unspecified atom stereocenters. The summed E-state index contributed by atoms with van der Waals surface area (Å²) in [7, 11) is 0. The Balaban J connectivity index is 2.67. The molecule has 0 heterocycles. The van der Waals surface area contributed by atoms with Crippen molar-refractivity contribution in [3.8, 4) is 0 Å². The van der Waals surface area contributed by atoms with Crippen LogP contribution in [0.2, 0.25) is 0 Å². The number of aliphatic hydroxyl groups is 1. The SMILES string of the molecule is Cc1ccc(C(C)(C)CNC(=O)CCCO)c(C)c1. The van der Waals surface area contributed by atoms with Crippen molar-refractivity contribution in [3.05, 3.63) is 34.9 Å². The van der Waals surface area contributed by atoms with Crippen molar-refractivity contribution in [2.24, 2.45) is 0 Å². The third-order valence-corrected chi connectivity index (χ3v) is 3.40. The molecule has 0 saturated carbocycles. The highest BCUT2D eigenvalue weighted by Crippen LogP contribution is 2.26. The number of nitrogens with one attached hydrogen (secondary N) is 1. The van der Waals surface area contributed by atoms with Crippen LogP contribution >= 0.6 is 0 Å². The molecule has 0 fully saturated rings. The minimum atomic E-state index is -0.0906. The van der Waals surface area contributed by atoms with Crippen LogP contribution in [0.5, 0.6) is 0 Å². The molecule has 3 nitrogen and oxygen atoms in total. The molecule has 0 atom stereocenters. The first kappa shape index (κ1) is 15.7. The molecule has 1 aromatic rings. The van der Waals surface area contributed by atoms with Crippen molar-refractivity contribution in [2.75, 3.05) is 13.2 Å². The Kier molecular flexibility index (Phi) is 5.55. The maximum absolute atomic E-state index is 11.6. The van der Waals surface area contributed by atoms with Gasteiger partial charge >= 0.3 is 0 Å². The van der Waals surface area contributed by atoms with E-state index >= 15 is 0 Å². The van der Waals surface area contributed by atoms with Crippen LogP contribution in [0, 0.1) is 13.8 Å². The number of rotatable bonds is 6. The van der Waals surface area contributed by atoms with Crippen LogP contribution in [0.25, 0.3) is 0 Å². The number of aliphatic hydroxyl groups excluding tert-OH is 1. The van der Waals surface area contributed by atoms with E-state index in [1.54, 1.807) is 0 Å². The van der Waals surface area contributed by atoms with Gasteiger partial charge in [-0.1, -0.05) is 37.6 Å². The molecule has 0 radical (unpaired) electrons. The topological polar surface area (TPSA) is 49.3 Å². The van der Waals surface area contributed by atoms with Crippen LogP contribution in [0.4, 0.5) is 0 Å². The monoisotopic (exact) mass is 263 g/mol. The number of aryl methyl sites for hydroxylation is 2. The van der Waals surface area contributed by atoms with Crippen LogP contribution in [-0.2, 0) is 10.2 Å². The lowest BCUT2D eigenvalue weighted by molar-refractivity contribution is -0.121. The molecule has 3 heteroatoms. The highest BCUT2D eigenvalue weighted by atomic mass is 16.3. The Bertz CT molecular complexity index is 438. The van der Waals surface area contributed by atoms with Gasteiger partial charge in [-0.05, 0) is 31.4 Å². The molecule has 0 spiro atoms. The van der Waals surface area contributed by atoms with Gasteiger partial charge < -0.3 is 10.4 Å². The molecule has 1 aromatic carbocycles. The number of amides is 1. The Morgan fingerprint density at radius 3 is 2.58 bits per heavy atom. The summed E-state index contributed by atoms with van der Waals surface area (Å²) in [5.41, 5.74) is 3.69. The van der Waals surface area contributed by atoms with Crippen molar-refractivity contribution in [2.45, 2.75) is 46.0 Å². The van der Waals surface area contributed by atoms with Gasteiger partial charge in [0.1, 0.15) is 0 Å². The summed E-state index contributed by atoms with van der Waals surface area (Å²) >= 11 is 0. The Morgan fingerprint density at radius 2 is 2.00 bits per heavy atom. The van der Waals surface area contributed by atoms with E-state index in [4.69, 9.17) is 5.11 Å². The highest BCUT2D eigenvalue weighted by molar-refractivity contribution is 5.76. The second kappa shape index (κ2) is 6.71. The van der Waals surface area contributed by atoms with Gasteiger partial charge in [0, 0.05) is 25.0 Å². The lowest BCUT2D eigenvalue weighted by Crippen LogP contribution is -2.37. The normalized spacial score (nSPS) is 11.4. The second-order valence-corrected chi connectivity index (χ2v) is 5.81. The first-order valence-electron chi connectivity index (χ1n) is 6.82. The predicted octanol–water partition coefficient (Wildman–Crippen LogP) is 2.47.